The average molecular weight is 361 g/mol. The Kier molecular flexibility index (Phi) is 4.18. The van der Waals surface area contributed by atoms with Gasteiger partial charge in [-0.3, -0.25) is 4.79 Å². The fourth-order valence-electron chi connectivity index (χ4n) is 1.90. The maximum atomic E-state index is 13.3. The Hall–Kier alpha value is -1.69. The lowest BCUT2D eigenvalue weighted by Crippen LogP contribution is -2.09. The molecule has 0 aliphatic heterocycles. The van der Waals surface area contributed by atoms with Gasteiger partial charge in [-0.1, -0.05) is 15.9 Å². The standard InChI is InChI=1S/C15H9BrF4O/c1-8-4-9(6-11(17)5-8)14(21)12-7-10(15(18,19)20)2-3-13(12)16/h2-7H,1H3. The van der Waals surface area contributed by atoms with Gasteiger partial charge >= 0.3 is 6.18 Å². The first-order valence-corrected chi connectivity index (χ1v) is 6.66. The minimum Gasteiger partial charge on any atom is -0.289 e. The number of carbonyl (C=O) groups is 1. The highest BCUT2D eigenvalue weighted by molar-refractivity contribution is 9.10. The first kappa shape index (κ1) is 15.7. The van der Waals surface area contributed by atoms with Gasteiger partial charge in [0.2, 0.25) is 0 Å². The molecule has 0 N–H and O–H groups in total. The van der Waals surface area contributed by atoms with E-state index in [1.807, 2.05) is 0 Å². The van der Waals surface area contributed by atoms with Crippen LogP contribution in [-0.2, 0) is 6.18 Å². The van der Waals surface area contributed by atoms with Gasteiger partial charge < -0.3 is 0 Å². The highest BCUT2D eigenvalue weighted by atomic mass is 79.9. The normalized spacial score (nSPS) is 11.5. The van der Waals surface area contributed by atoms with Crippen molar-refractivity contribution in [2.24, 2.45) is 0 Å². The SMILES string of the molecule is Cc1cc(F)cc(C(=O)c2cc(C(F)(F)F)ccc2Br)c1. The molecule has 0 saturated heterocycles. The quantitative estimate of drug-likeness (QED) is 0.534. The van der Waals surface area contributed by atoms with Crippen molar-refractivity contribution in [1.82, 2.24) is 0 Å². The number of hydrogen-bond donors (Lipinski definition) is 0. The molecule has 0 fully saturated rings. The van der Waals surface area contributed by atoms with Crippen molar-refractivity contribution in [3.05, 3.63) is 68.9 Å². The van der Waals surface area contributed by atoms with Gasteiger partial charge in [0.25, 0.3) is 0 Å². The molecule has 0 bridgehead atoms. The highest BCUT2D eigenvalue weighted by Gasteiger charge is 2.31. The van der Waals surface area contributed by atoms with Crippen LogP contribution >= 0.6 is 15.9 Å². The Morgan fingerprint density at radius 3 is 2.33 bits per heavy atom. The first-order chi connectivity index (χ1) is 9.68. The van der Waals surface area contributed by atoms with Crippen LogP contribution < -0.4 is 0 Å². The monoisotopic (exact) mass is 360 g/mol. The largest absolute Gasteiger partial charge is 0.416 e. The number of carbonyl (C=O) groups excluding carboxylic acids is 1. The van der Waals surface area contributed by atoms with Crippen LogP contribution in [0.15, 0.2) is 40.9 Å². The smallest absolute Gasteiger partial charge is 0.289 e. The fraction of sp³-hybridized carbons (Fsp3) is 0.133. The molecule has 0 unspecified atom stereocenters. The molecular weight excluding hydrogens is 352 g/mol. The van der Waals surface area contributed by atoms with Gasteiger partial charge in [-0.25, -0.2) is 4.39 Å². The summed E-state index contributed by atoms with van der Waals surface area (Å²) in [6.45, 7) is 1.60. The second kappa shape index (κ2) is 5.60. The van der Waals surface area contributed by atoms with Crippen molar-refractivity contribution in [2.75, 3.05) is 0 Å². The zero-order valence-electron chi connectivity index (χ0n) is 10.8. The van der Waals surface area contributed by atoms with Crippen molar-refractivity contribution in [2.45, 2.75) is 13.1 Å². The van der Waals surface area contributed by atoms with Crippen LogP contribution in [-0.4, -0.2) is 5.78 Å². The summed E-state index contributed by atoms with van der Waals surface area (Å²) in [5, 5.41) is 0. The van der Waals surface area contributed by atoms with Crippen molar-refractivity contribution < 1.29 is 22.4 Å². The number of aryl methyl sites for hydroxylation is 1. The van der Waals surface area contributed by atoms with E-state index in [9.17, 15) is 22.4 Å². The van der Waals surface area contributed by atoms with Crippen LogP contribution in [0.3, 0.4) is 0 Å². The second-order valence-corrected chi connectivity index (χ2v) is 5.39. The van der Waals surface area contributed by atoms with E-state index in [1.165, 1.54) is 12.1 Å². The van der Waals surface area contributed by atoms with Crippen molar-refractivity contribution in [3.8, 4) is 0 Å². The maximum absolute atomic E-state index is 13.3. The molecule has 0 aromatic heterocycles. The summed E-state index contributed by atoms with van der Waals surface area (Å²) in [5.74, 6) is -1.28. The van der Waals surface area contributed by atoms with E-state index in [0.717, 1.165) is 24.3 Å². The Morgan fingerprint density at radius 1 is 1.10 bits per heavy atom. The van der Waals surface area contributed by atoms with E-state index >= 15 is 0 Å². The molecule has 0 saturated carbocycles. The van der Waals surface area contributed by atoms with Crippen LogP contribution in [0.25, 0.3) is 0 Å². The highest BCUT2D eigenvalue weighted by Crippen LogP contribution is 2.32. The van der Waals surface area contributed by atoms with Gasteiger partial charge in [0.15, 0.2) is 5.78 Å². The molecule has 0 atom stereocenters. The summed E-state index contributed by atoms with van der Waals surface area (Å²) in [6, 6.07) is 6.45. The third kappa shape index (κ3) is 3.50. The fourth-order valence-corrected chi connectivity index (χ4v) is 2.33. The number of hydrogen-bond acceptors (Lipinski definition) is 1. The minimum atomic E-state index is -4.55. The van der Waals surface area contributed by atoms with Crippen molar-refractivity contribution in [3.63, 3.8) is 0 Å². The Labute approximate surface area is 126 Å². The van der Waals surface area contributed by atoms with Gasteiger partial charge in [-0.2, -0.15) is 13.2 Å². The number of halogens is 5. The molecule has 2 aromatic carbocycles. The lowest BCUT2D eigenvalue weighted by molar-refractivity contribution is -0.137. The molecule has 0 heterocycles. The molecule has 0 spiro atoms. The summed E-state index contributed by atoms with van der Waals surface area (Å²) < 4.78 is 51.7. The molecule has 0 aliphatic rings. The number of ketones is 1. The molecule has 0 amide bonds. The second-order valence-electron chi connectivity index (χ2n) is 4.54. The zero-order valence-corrected chi connectivity index (χ0v) is 12.3. The summed E-state index contributed by atoms with van der Waals surface area (Å²) in [6.07, 6.45) is -4.55. The first-order valence-electron chi connectivity index (χ1n) is 5.87. The predicted octanol–water partition coefficient (Wildman–Crippen LogP) is 5.15. The van der Waals surface area contributed by atoms with Gasteiger partial charge in [0, 0.05) is 15.6 Å². The zero-order chi connectivity index (χ0) is 15.8. The van der Waals surface area contributed by atoms with Crippen LogP contribution in [0.2, 0.25) is 0 Å². The van der Waals surface area contributed by atoms with Crippen LogP contribution in [0.1, 0.15) is 27.0 Å². The molecular formula is C15H9BrF4O. The van der Waals surface area contributed by atoms with E-state index < -0.39 is 23.3 Å². The predicted molar refractivity (Wildman–Crippen MR) is 73.7 cm³/mol. The molecule has 110 valence electrons. The van der Waals surface area contributed by atoms with E-state index in [0.29, 0.717) is 5.56 Å². The Morgan fingerprint density at radius 2 is 1.76 bits per heavy atom. The lowest BCUT2D eigenvalue weighted by atomic mass is 9.99. The third-order valence-corrected chi connectivity index (χ3v) is 3.53. The Balaban J connectivity index is 2.52. The van der Waals surface area contributed by atoms with Crippen molar-refractivity contribution in [1.29, 1.82) is 0 Å². The summed E-state index contributed by atoms with van der Waals surface area (Å²) in [7, 11) is 0. The lowest BCUT2D eigenvalue weighted by Gasteiger charge is -2.10. The third-order valence-electron chi connectivity index (χ3n) is 2.84. The van der Waals surface area contributed by atoms with Gasteiger partial charge in [0.1, 0.15) is 5.82 Å². The molecule has 21 heavy (non-hydrogen) atoms. The van der Waals surface area contributed by atoms with Crippen LogP contribution in [0.5, 0.6) is 0 Å². The molecule has 1 nitrogen and oxygen atoms in total. The summed E-state index contributed by atoms with van der Waals surface area (Å²) in [5.41, 5.74) is -0.564. The maximum Gasteiger partial charge on any atom is 0.416 e. The van der Waals surface area contributed by atoms with Crippen LogP contribution in [0, 0.1) is 12.7 Å². The number of alkyl halides is 3. The van der Waals surface area contributed by atoms with E-state index in [4.69, 9.17) is 0 Å². The molecule has 2 rings (SSSR count). The number of rotatable bonds is 2. The topological polar surface area (TPSA) is 17.1 Å². The van der Waals surface area contributed by atoms with Gasteiger partial charge in [-0.15, -0.1) is 0 Å². The summed E-state index contributed by atoms with van der Waals surface area (Å²) in [4.78, 5) is 12.3. The molecule has 0 radical (unpaired) electrons. The van der Waals surface area contributed by atoms with Gasteiger partial charge in [-0.05, 0) is 48.9 Å². The van der Waals surface area contributed by atoms with Crippen molar-refractivity contribution >= 4 is 21.7 Å². The average Bonchev–Trinajstić information content (AvgIpc) is 2.36. The number of benzene rings is 2. The molecule has 0 aliphatic carbocycles. The minimum absolute atomic E-state index is 0.00697. The van der Waals surface area contributed by atoms with Gasteiger partial charge in [0.05, 0.1) is 5.56 Å². The van der Waals surface area contributed by atoms with E-state index in [2.05, 4.69) is 15.9 Å². The van der Waals surface area contributed by atoms with E-state index in [1.54, 1.807) is 6.92 Å². The van der Waals surface area contributed by atoms with Crippen LogP contribution in [0.4, 0.5) is 17.6 Å². The molecule has 6 heteroatoms. The van der Waals surface area contributed by atoms with E-state index in [-0.39, 0.29) is 15.6 Å². The summed E-state index contributed by atoms with van der Waals surface area (Å²) >= 11 is 3.05. The molecule has 2 aromatic rings. The Bertz CT molecular complexity index is 687.